The fraction of sp³-hybridized carbons (Fsp3) is 0.111. The predicted octanol–water partition coefficient (Wildman–Crippen LogP) is 3.35. The number of aromatic nitrogens is 2. The maximum Gasteiger partial charge on any atom is 0.189 e. The number of aryl methyl sites for hydroxylation is 1. The molecule has 0 aliphatic carbocycles. The first kappa shape index (κ1) is 9.61. The van der Waals surface area contributed by atoms with Gasteiger partial charge in [0.05, 0.1) is 9.98 Å². The van der Waals surface area contributed by atoms with Gasteiger partial charge in [0.25, 0.3) is 0 Å². The first-order valence-electron chi connectivity index (χ1n) is 4.05. The molecule has 2 heterocycles. The molecule has 2 aromatic heterocycles. The molecule has 0 amide bonds. The van der Waals surface area contributed by atoms with Crippen molar-refractivity contribution in [3.05, 3.63) is 33.9 Å². The third-order valence-electron chi connectivity index (χ3n) is 1.71. The largest absolute Gasteiger partial charge is 0.316 e. The zero-order valence-electron chi connectivity index (χ0n) is 7.49. The van der Waals surface area contributed by atoms with Gasteiger partial charge in [-0.15, -0.1) is 0 Å². The van der Waals surface area contributed by atoms with Crippen LogP contribution in [-0.4, -0.2) is 9.97 Å². The summed E-state index contributed by atoms with van der Waals surface area (Å²) in [6, 6.07) is 3.93. The Morgan fingerprint density at radius 2 is 2.29 bits per heavy atom. The van der Waals surface area contributed by atoms with Crippen molar-refractivity contribution < 1.29 is 0 Å². The molecule has 0 aliphatic rings. The van der Waals surface area contributed by atoms with Gasteiger partial charge in [0.1, 0.15) is 5.82 Å². The molecule has 0 atom stereocenters. The van der Waals surface area contributed by atoms with Crippen molar-refractivity contribution in [1.82, 2.24) is 9.97 Å². The molecule has 0 spiro atoms. The second-order valence-corrected chi connectivity index (χ2v) is 5.17. The van der Waals surface area contributed by atoms with Crippen molar-refractivity contribution in [2.24, 2.45) is 0 Å². The summed E-state index contributed by atoms with van der Waals surface area (Å²) in [5.74, 6) is 0.856. The van der Waals surface area contributed by atoms with Gasteiger partial charge in [-0.05, 0) is 34.5 Å². The lowest BCUT2D eigenvalue weighted by Gasteiger charge is -2.03. The highest BCUT2D eigenvalue weighted by Crippen LogP contribution is 2.26. The Hall–Kier alpha value is -0.940. The van der Waals surface area contributed by atoms with Crippen LogP contribution in [0.5, 0.6) is 0 Å². The predicted molar refractivity (Wildman–Crippen MR) is 62.1 cm³/mol. The van der Waals surface area contributed by atoms with Crippen LogP contribution in [0.4, 0.5) is 10.9 Å². The molecule has 5 heteroatoms. The molecule has 0 radical (unpaired) electrons. The number of nitrogens with one attached hydrogen (secondary N) is 1. The molecule has 2 rings (SSSR count). The van der Waals surface area contributed by atoms with E-state index in [0.29, 0.717) is 0 Å². The SMILES string of the molecule is Cc1cccnc1Nc1ncc(Br)s1. The number of thiazole rings is 1. The van der Waals surface area contributed by atoms with Gasteiger partial charge in [-0.1, -0.05) is 17.4 Å². The van der Waals surface area contributed by atoms with Crippen LogP contribution >= 0.6 is 27.3 Å². The van der Waals surface area contributed by atoms with E-state index in [1.807, 2.05) is 19.1 Å². The van der Waals surface area contributed by atoms with Crippen LogP contribution in [0, 0.1) is 6.92 Å². The molecule has 14 heavy (non-hydrogen) atoms. The Labute approximate surface area is 94.4 Å². The molecule has 0 bridgehead atoms. The fourth-order valence-corrected chi connectivity index (χ4v) is 2.14. The van der Waals surface area contributed by atoms with Crippen LogP contribution in [0.2, 0.25) is 0 Å². The number of pyridine rings is 1. The molecule has 0 fully saturated rings. The Kier molecular flexibility index (Phi) is 2.79. The summed E-state index contributed by atoms with van der Waals surface area (Å²) in [6.45, 7) is 2.01. The normalized spacial score (nSPS) is 10.1. The first-order chi connectivity index (χ1) is 6.75. The highest BCUT2D eigenvalue weighted by atomic mass is 79.9. The number of anilines is 2. The molecule has 0 saturated heterocycles. The molecular weight excluding hydrogens is 262 g/mol. The minimum Gasteiger partial charge on any atom is -0.316 e. The smallest absolute Gasteiger partial charge is 0.189 e. The molecular formula is C9H8BrN3S. The van der Waals surface area contributed by atoms with Crippen molar-refractivity contribution in [2.75, 3.05) is 5.32 Å². The third kappa shape index (κ3) is 2.10. The number of rotatable bonds is 2. The summed E-state index contributed by atoms with van der Waals surface area (Å²) < 4.78 is 1.01. The van der Waals surface area contributed by atoms with Crippen LogP contribution < -0.4 is 5.32 Å². The Balaban J connectivity index is 2.23. The van der Waals surface area contributed by atoms with E-state index in [1.54, 1.807) is 23.7 Å². The molecule has 0 unspecified atom stereocenters. The minimum absolute atomic E-state index is 0.846. The van der Waals surface area contributed by atoms with Crippen molar-refractivity contribution in [3.8, 4) is 0 Å². The third-order valence-corrected chi connectivity index (χ3v) is 3.10. The zero-order valence-corrected chi connectivity index (χ0v) is 9.89. The summed E-state index contributed by atoms with van der Waals surface area (Å²) in [4.78, 5) is 8.40. The Morgan fingerprint density at radius 3 is 2.93 bits per heavy atom. The average molecular weight is 270 g/mol. The van der Waals surface area contributed by atoms with Crippen molar-refractivity contribution >= 4 is 38.2 Å². The molecule has 0 saturated carbocycles. The van der Waals surface area contributed by atoms with Crippen LogP contribution in [0.1, 0.15) is 5.56 Å². The summed E-state index contributed by atoms with van der Waals surface area (Å²) in [6.07, 6.45) is 3.53. The maximum atomic E-state index is 4.22. The van der Waals surface area contributed by atoms with E-state index >= 15 is 0 Å². The summed E-state index contributed by atoms with van der Waals surface area (Å²) in [5.41, 5.74) is 1.11. The lowest BCUT2D eigenvalue weighted by molar-refractivity contribution is 1.24. The van der Waals surface area contributed by atoms with Gasteiger partial charge in [-0.2, -0.15) is 0 Å². The Morgan fingerprint density at radius 1 is 1.43 bits per heavy atom. The van der Waals surface area contributed by atoms with Gasteiger partial charge >= 0.3 is 0 Å². The molecule has 72 valence electrons. The molecule has 2 aromatic rings. The molecule has 1 N–H and O–H groups in total. The van der Waals surface area contributed by atoms with Crippen molar-refractivity contribution in [2.45, 2.75) is 6.92 Å². The van der Waals surface area contributed by atoms with Crippen LogP contribution in [-0.2, 0) is 0 Å². The Bertz CT molecular complexity index is 441. The molecule has 0 aliphatic heterocycles. The second kappa shape index (κ2) is 4.06. The molecule has 3 nitrogen and oxygen atoms in total. The monoisotopic (exact) mass is 269 g/mol. The van der Waals surface area contributed by atoms with Crippen molar-refractivity contribution in [3.63, 3.8) is 0 Å². The maximum absolute atomic E-state index is 4.22. The number of hydrogen-bond acceptors (Lipinski definition) is 4. The van der Waals surface area contributed by atoms with E-state index < -0.39 is 0 Å². The second-order valence-electron chi connectivity index (χ2n) is 2.76. The van der Waals surface area contributed by atoms with Gasteiger partial charge in [0, 0.05) is 6.20 Å². The summed E-state index contributed by atoms with van der Waals surface area (Å²) in [7, 11) is 0. The zero-order chi connectivity index (χ0) is 9.97. The van der Waals surface area contributed by atoms with Gasteiger partial charge in [0.2, 0.25) is 0 Å². The van der Waals surface area contributed by atoms with Gasteiger partial charge in [-0.3, -0.25) is 0 Å². The quantitative estimate of drug-likeness (QED) is 0.909. The first-order valence-corrected chi connectivity index (χ1v) is 5.66. The highest BCUT2D eigenvalue weighted by Gasteiger charge is 2.02. The van der Waals surface area contributed by atoms with E-state index in [4.69, 9.17) is 0 Å². The summed E-state index contributed by atoms with van der Waals surface area (Å²) in [5, 5.41) is 4.01. The van der Waals surface area contributed by atoms with Crippen LogP contribution in [0.3, 0.4) is 0 Å². The van der Waals surface area contributed by atoms with Crippen LogP contribution in [0.25, 0.3) is 0 Å². The number of halogens is 1. The van der Waals surface area contributed by atoms with E-state index in [9.17, 15) is 0 Å². The molecule has 0 aromatic carbocycles. The number of hydrogen-bond donors (Lipinski definition) is 1. The van der Waals surface area contributed by atoms with Gasteiger partial charge in [-0.25, -0.2) is 9.97 Å². The highest BCUT2D eigenvalue weighted by molar-refractivity contribution is 9.11. The fourth-order valence-electron chi connectivity index (χ4n) is 1.03. The minimum atomic E-state index is 0.846. The van der Waals surface area contributed by atoms with E-state index in [1.165, 1.54) is 0 Å². The lowest BCUT2D eigenvalue weighted by Crippen LogP contribution is -1.94. The van der Waals surface area contributed by atoms with E-state index in [2.05, 4.69) is 31.2 Å². The topological polar surface area (TPSA) is 37.8 Å². The van der Waals surface area contributed by atoms with Crippen molar-refractivity contribution in [1.29, 1.82) is 0 Å². The lowest BCUT2D eigenvalue weighted by atomic mass is 10.3. The van der Waals surface area contributed by atoms with E-state index in [-0.39, 0.29) is 0 Å². The van der Waals surface area contributed by atoms with E-state index in [0.717, 1.165) is 20.3 Å². The van der Waals surface area contributed by atoms with Gasteiger partial charge < -0.3 is 5.32 Å². The van der Waals surface area contributed by atoms with Gasteiger partial charge in [0.15, 0.2) is 5.13 Å². The van der Waals surface area contributed by atoms with Crippen LogP contribution in [0.15, 0.2) is 28.3 Å². The standard InChI is InChI=1S/C9H8BrN3S/c1-6-3-2-4-11-8(6)13-9-12-5-7(10)14-9/h2-5H,1H3,(H,11,12,13). The number of nitrogens with zero attached hydrogens (tertiary/aromatic N) is 2. The average Bonchev–Trinajstić information content (AvgIpc) is 2.56. The summed E-state index contributed by atoms with van der Waals surface area (Å²) >= 11 is 4.91.